The number of carboxylic acids is 1. The van der Waals surface area contributed by atoms with Crippen LogP contribution >= 0.6 is 0 Å². The van der Waals surface area contributed by atoms with Crippen LogP contribution in [0.25, 0.3) is 11.1 Å². The molecule has 1 saturated heterocycles. The second kappa shape index (κ2) is 6.09. The fraction of sp³-hybridized carbons (Fsp3) is 0.200. The van der Waals surface area contributed by atoms with Crippen molar-refractivity contribution in [3.63, 3.8) is 0 Å². The van der Waals surface area contributed by atoms with Gasteiger partial charge < -0.3 is 14.7 Å². The Morgan fingerprint density at radius 3 is 2.16 bits per heavy atom. The number of benzene rings is 2. The lowest BCUT2D eigenvalue weighted by Crippen LogP contribution is -2.45. The molecule has 0 aromatic heterocycles. The van der Waals surface area contributed by atoms with Gasteiger partial charge in [-0.15, -0.1) is 0 Å². The maximum atomic E-state index is 12.2. The van der Waals surface area contributed by atoms with Gasteiger partial charge in [0.1, 0.15) is 6.61 Å². The van der Waals surface area contributed by atoms with Crippen molar-refractivity contribution in [3.8, 4) is 11.1 Å². The largest absolute Gasteiger partial charge is 0.478 e. The van der Waals surface area contributed by atoms with Crippen molar-refractivity contribution in [2.24, 2.45) is 0 Å². The van der Waals surface area contributed by atoms with Crippen molar-refractivity contribution in [2.45, 2.75) is 5.92 Å². The van der Waals surface area contributed by atoms with Gasteiger partial charge in [-0.2, -0.15) is 0 Å². The van der Waals surface area contributed by atoms with Crippen molar-refractivity contribution in [1.82, 2.24) is 4.90 Å². The molecule has 1 amide bonds. The molecule has 0 unspecified atom stereocenters. The van der Waals surface area contributed by atoms with Crippen molar-refractivity contribution >= 4 is 12.1 Å². The molecule has 1 N–H and O–H groups in total. The fourth-order valence-electron chi connectivity index (χ4n) is 3.52. The van der Waals surface area contributed by atoms with Gasteiger partial charge in [0.05, 0.1) is 0 Å². The zero-order valence-corrected chi connectivity index (χ0v) is 13.5. The van der Waals surface area contributed by atoms with E-state index >= 15 is 0 Å². The molecule has 126 valence electrons. The Morgan fingerprint density at radius 2 is 1.60 bits per heavy atom. The number of carbonyl (C=O) groups excluding carboxylic acids is 1. The first kappa shape index (κ1) is 15.4. The summed E-state index contributed by atoms with van der Waals surface area (Å²) in [5, 5.41) is 8.70. The summed E-state index contributed by atoms with van der Waals surface area (Å²) in [6, 6.07) is 16.4. The second-order valence-electron chi connectivity index (χ2n) is 6.30. The minimum absolute atomic E-state index is 0.0339. The number of fused-ring (bicyclic) bond motifs is 3. The molecule has 2 aromatic rings. The normalized spacial score (nSPS) is 15.2. The Morgan fingerprint density at radius 1 is 1.04 bits per heavy atom. The number of likely N-dealkylation sites (tertiary alicyclic amines) is 1. The fourth-order valence-corrected chi connectivity index (χ4v) is 3.52. The number of amides is 1. The molecule has 25 heavy (non-hydrogen) atoms. The van der Waals surface area contributed by atoms with Crippen LogP contribution in [0.4, 0.5) is 4.79 Å². The van der Waals surface area contributed by atoms with Crippen LogP contribution in [0.5, 0.6) is 0 Å². The van der Waals surface area contributed by atoms with Gasteiger partial charge in [-0.25, -0.2) is 9.59 Å². The van der Waals surface area contributed by atoms with E-state index in [1.165, 1.54) is 27.2 Å². The Hall–Kier alpha value is -3.08. The zero-order valence-electron chi connectivity index (χ0n) is 13.5. The first-order chi connectivity index (χ1) is 12.1. The van der Waals surface area contributed by atoms with Crippen LogP contribution in [-0.4, -0.2) is 41.8 Å². The molecule has 1 aliphatic heterocycles. The number of rotatable bonds is 3. The molecule has 0 bridgehead atoms. The van der Waals surface area contributed by atoms with Crippen LogP contribution in [0.15, 0.2) is 60.2 Å². The average molecular weight is 335 g/mol. The third-order valence-electron chi connectivity index (χ3n) is 4.71. The van der Waals surface area contributed by atoms with E-state index in [2.05, 4.69) is 24.3 Å². The molecule has 0 spiro atoms. The number of carboxylic acid groups (broad SMARTS) is 1. The van der Waals surface area contributed by atoms with Crippen LogP contribution in [0, 0.1) is 0 Å². The van der Waals surface area contributed by atoms with Gasteiger partial charge >= 0.3 is 12.1 Å². The van der Waals surface area contributed by atoms with Gasteiger partial charge in [0.15, 0.2) is 0 Å². The molecule has 0 saturated carbocycles. The second-order valence-corrected chi connectivity index (χ2v) is 6.30. The monoisotopic (exact) mass is 335 g/mol. The lowest BCUT2D eigenvalue weighted by Gasteiger charge is -2.33. The lowest BCUT2D eigenvalue weighted by atomic mass is 9.98. The number of nitrogens with zero attached hydrogens (tertiary/aromatic N) is 1. The van der Waals surface area contributed by atoms with Crippen LogP contribution < -0.4 is 0 Å². The van der Waals surface area contributed by atoms with E-state index in [-0.39, 0.29) is 12.5 Å². The Balaban J connectivity index is 1.45. The Bertz CT molecular complexity index is 833. The summed E-state index contributed by atoms with van der Waals surface area (Å²) in [6.07, 6.45) is 0.747. The van der Waals surface area contributed by atoms with Crippen LogP contribution in [0.3, 0.4) is 0 Å². The molecule has 0 atom stereocenters. The predicted molar refractivity (Wildman–Crippen MR) is 92.4 cm³/mol. The maximum absolute atomic E-state index is 12.2. The molecular weight excluding hydrogens is 318 g/mol. The molecule has 5 nitrogen and oxygen atoms in total. The van der Waals surface area contributed by atoms with E-state index in [9.17, 15) is 9.59 Å². The molecule has 0 radical (unpaired) electrons. The van der Waals surface area contributed by atoms with Crippen LogP contribution in [-0.2, 0) is 9.53 Å². The van der Waals surface area contributed by atoms with Gasteiger partial charge in [-0.3, -0.25) is 0 Å². The summed E-state index contributed by atoms with van der Waals surface area (Å²) >= 11 is 0. The van der Waals surface area contributed by atoms with Gasteiger partial charge in [0.2, 0.25) is 0 Å². The van der Waals surface area contributed by atoms with Crippen LogP contribution in [0.1, 0.15) is 17.0 Å². The van der Waals surface area contributed by atoms with Gasteiger partial charge in [0.25, 0.3) is 0 Å². The predicted octanol–water partition coefficient (Wildman–Crippen LogP) is 3.26. The third-order valence-corrected chi connectivity index (χ3v) is 4.71. The zero-order chi connectivity index (χ0) is 17.4. The van der Waals surface area contributed by atoms with E-state index in [1.807, 2.05) is 24.3 Å². The van der Waals surface area contributed by atoms with E-state index < -0.39 is 12.1 Å². The van der Waals surface area contributed by atoms with Gasteiger partial charge in [-0.1, -0.05) is 48.5 Å². The van der Waals surface area contributed by atoms with Crippen molar-refractivity contribution in [1.29, 1.82) is 0 Å². The first-order valence-electron chi connectivity index (χ1n) is 8.16. The number of aliphatic carboxylic acids is 1. The highest BCUT2D eigenvalue weighted by molar-refractivity contribution is 5.82. The summed E-state index contributed by atoms with van der Waals surface area (Å²) < 4.78 is 5.51. The van der Waals surface area contributed by atoms with E-state index in [0.29, 0.717) is 13.1 Å². The molecular formula is C20H17NO4. The Labute approximate surface area is 145 Å². The van der Waals surface area contributed by atoms with E-state index in [0.717, 1.165) is 11.6 Å². The Kier molecular flexibility index (Phi) is 3.76. The summed E-state index contributed by atoms with van der Waals surface area (Å²) in [5.74, 6) is -0.950. The highest BCUT2D eigenvalue weighted by Crippen LogP contribution is 2.44. The van der Waals surface area contributed by atoms with E-state index in [4.69, 9.17) is 9.84 Å². The molecule has 1 fully saturated rings. The van der Waals surface area contributed by atoms with Gasteiger partial charge in [-0.05, 0) is 27.8 Å². The minimum Gasteiger partial charge on any atom is -0.478 e. The third kappa shape index (κ3) is 2.78. The standard InChI is InChI=1S/C20H17NO4/c22-19(23)9-13-10-21(11-13)20(24)25-12-18-16-7-3-1-5-14(16)15-6-2-4-8-17(15)18/h1-9,18H,10-12H2,(H,22,23). The number of hydrogen-bond donors (Lipinski definition) is 1. The summed E-state index contributed by atoms with van der Waals surface area (Å²) in [7, 11) is 0. The molecule has 2 aromatic carbocycles. The maximum Gasteiger partial charge on any atom is 0.410 e. The lowest BCUT2D eigenvalue weighted by molar-refractivity contribution is -0.131. The van der Waals surface area contributed by atoms with Gasteiger partial charge in [0, 0.05) is 25.1 Å². The summed E-state index contributed by atoms with van der Waals surface area (Å²) in [6.45, 7) is 0.924. The highest BCUT2D eigenvalue weighted by atomic mass is 16.6. The van der Waals surface area contributed by atoms with Crippen molar-refractivity contribution in [3.05, 3.63) is 71.3 Å². The quantitative estimate of drug-likeness (QED) is 0.874. The SMILES string of the molecule is O=C(O)C=C1CN(C(=O)OCC2c3ccccc3-c3ccccc32)C1. The van der Waals surface area contributed by atoms with Crippen molar-refractivity contribution in [2.75, 3.05) is 19.7 Å². The molecule has 1 heterocycles. The summed E-state index contributed by atoms with van der Waals surface area (Å²) in [5.41, 5.74) is 5.45. The molecule has 4 rings (SSSR count). The van der Waals surface area contributed by atoms with Crippen LogP contribution in [0.2, 0.25) is 0 Å². The number of carbonyl (C=O) groups is 2. The summed E-state index contributed by atoms with van der Waals surface area (Å²) in [4.78, 5) is 24.3. The first-order valence-corrected chi connectivity index (χ1v) is 8.16. The topological polar surface area (TPSA) is 66.8 Å². The smallest absolute Gasteiger partial charge is 0.410 e. The average Bonchev–Trinajstić information content (AvgIpc) is 2.89. The highest BCUT2D eigenvalue weighted by Gasteiger charge is 2.31. The molecule has 1 aliphatic carbocycles. The van der Waals surface area contributed by atoms with Crippen molar-refractivity contribution < 1.29 is 19.4 Å². The molecule has 2 aliphatic rings. The molecule has 5 heteroatoms. The van der Waals surface area contributed by atoms with E-state index in [1.54, 1.807) is 0 Å². The number of hydrogen-bond acceptors (Lipinski definition) is 3. The minimum atomic E-state index is -0.984. The number of ether oxygens (including phenoxy) is 1.